The van der Waals surface area contributed by atoms with E-state index in [2.05, 4.69) is 12.1 Å². The first-order valence-electron chi connectivity index (χ1n) is 9.01. The van der Waals surface area contributed by atoms with Gasteiger partial charge in [0.1, 0.15) is 0 Å². The molecule has 0 bridgehead atoms. The molecular weight excluding hydrogens is 360 g/mol. The van der Waals surface area contributed by atoms with Crippen molar-refractivity contribution >= 4 is 25.3 Å². The average Bonchev–Trinajstić information content (AvgIpc) is 2.97. The Kier molecular flexibility index (Phi) is 5.58. The number of rotatable bonds is 3. The molecule has 4 rings (SSSR count). The molecule has 5 nitrogen and oxygen atoms in total. The lowest BCUT2D eigenvalue weighted by molar-refractivity contribution is -0.137. The minimum atomic E-state index is -0.501. The van der Waals surface area contributed by atoms with E-state index in [4.69, 9.17) is 5.21 Å². The molecule has 1 atom stereocenters. The Morgan fingerprint density at radius 2 is 1.89 bits per heavy atom. The largest absolute Gasteiger partial charge is 0.338 e. The average molecular weight is 385 g/mol. The monoisotopic (exact) mass is 384 g/mol. The number of hydrogen-bond donors (Lipinski definition) is 2. The summed E-state index contributed by atoms with van der Waals surface area (Å²) in [6, 6.07) is 15.6. The minimum Gasteiger partial charge on any atom is -0.338 e. The van der Waals surface area contributed by atoms with E-state index in [0.29, 0.717) is 12.1 Å². The molecule has 0 aromatic heterocycles. The second kappa shape index (κ2) is 7.74. The Labute approximate surface area is 165 Å². The van der Waals surface area contributed by atoms with Crippen LogP contribution in [0.5, 0.6) is 0 Å². The highest BCUT2D eigenvalue weighted by molar-refractivity contribution is 7.59. The molecule has 1 aliphatic carbocycles. The highest BCUT2D eigenvalue weighted by Gasteiger charge is 2.47. The van der Waals surface area contributed by atoms with Gasteiger partial charge in [0.25, 0.3) is 5.91 Å². The first-order chi connectivity index (χ1) is 12.6. The molecule has 27 heavy (non-hydrogen) atoms. The lowest BCUT2D eigenvalue weighted by Gasteiger charge is -2.33. The third kappa shape index (κ3) is 3.59. The van der Waals surface area contributed by atoms with Crippen molar-refractivity contribution < 1.29 is 14.8 Å². The smallest absolute Gasteiger partial charge is 0.274 e. The van der Waals surface area contributed by atoms with Crippen LogP contribution in [-0.2, 0) is 24.2 Å². The number of hydrogen-bond acceptors (Lipinski definition) is 3. The Bertz CT molecular complexity index is 856. The molecule has 0 radical (unpaired) electrons. The highest BCUT2D eigenvalue weighted by atomic mass is 32.1. The topological polar surface area (TPSA) is 69.6 Å². The summed E-state index contributed by atoms with van der Waals surface area (Å²) >= 11 is 0. The molecule has 2 amide bonds. The number of hydroxylamine groups is 1. The van der Waals surface area contributed by atoms with Crippen LogP contribution in [0, 0.1) is 5.41 Å². The summed E-state index contributed by atoms with van der Waals surface area (Å²) in [5, 5.41) is 8.80. The summed E-state index contributed by atoms with van der Waals surface area (Å²) in [4.78, 5) is 26.7. The van der Waals surface area contributed by atoms with Crippen molar-refractivity contribution in [3.63, 3.8) is 0 Å². The van der Waals surface area contributed by atoms with E-state index in [1.54, 1.807) is 11.5 Å². The van der Waals surface area contributed by atoms with Crippen LogP contribution in [0.3, 0.4) is 0 Å². The van der Waals surface area contributed by atoms with Gasteiger partial charge in [0.15, 0.2) is 0 Å². The number of likely N-dealkylation sites (tertiary alicyclic amines) is 1. The summed E-state index contributed by atoms with van der Waals surface area (Å²) in [5.74, 6) is -0.247. The predicted molar refractivity (Wildman–Crippen MR) is 107 cm³/mol. The zero-order valence-corrected chi connectivity index (χ0v) is 16.1. The fourth-order valence-corrected chi connectivity index (χ4v) is 4.31. The van der Waals surface area contributed by atoms with Gasteiger partial charge in [0.2, 0.25) is 5.91 Å². The predicted octanol–water partition coefficient (Wildman–Crippen LogP) is 2.83. The maximum Gasteiger partial charge on any atom is 0.274 e. The zero-order chi connectivity index (χ0) is 18.1. The molecule has 1 fully saturated rings. The van der Waals surface area contributed by atoms with Crippen molar-refractivity contribution in [2.45, 2.75) is 32.2 Å². The van der Waals surface area contributed by atoms with Crippen LogP contribution in [-0.4, -0.2) is 28.5 Å². The van der Waals surface area contributed by atoms with Gasteiger partial charge in [-0.1, -0.05) is 36.4 Å². The van der Waals surface area contributed by atoms with E-state index in [1.165, 1.54) is 0 Å². The fourth-order valence-electron chi connectivity index (χ4n) is 4.31. The van der Waals surface area contributed by atoms with Gasteiger partial charge in [0, 0.05) is 18.7 Å². The van der Waals surface area contributed by atoms with E-state index < -0.39 is 5.91 Å². The Morgan fingerprint density at radius 1 is 1.11 bits per heavy atom. The van der Waals surface area contributed by atoms with Gasteiger partial charge in [0.05, 0.1) is 5.41 Å². The third-order valence-electron chi connectivity index (χ3n) is 5.79. The van der Waals surface area contributed by atoms with E-state index in [-0.39, 0.29) is 24.8 Å². The Balaban J connectivity index is 0.00000210. The number of carbonyl (C=O) groups excluding carboxylic acids is 2. The summed E-state index contributed by atoms with van der Waals surface area (Å²) in [7, 11) is 0. The van der Waals surface area contributed by atoms with E-state index in [0.717, 1.165) is 48.9 Å². The number of aryl methyl sites for hydroxylation is 1. The number of carbonyl (C=O) groups is 2. The van der Waals surface area contributed by atoms with Gasteiger partial charge in [-0.25, -0.2) is 5.48 Å². The molecular formula is C21H24N2O3S. The van der Waals surface area contributed by atoms with Crippen LogP contribution >= 0.6 is 13.5 Å². The maximum absolute atomic E-state index is 13.1. The van der Waals surface area contributed by atoms with Crippen molar-refractivity contribution in [3.05, 3.63) is 70.8 Å². The molecule has 2 N–H and O–H groups in total. The Hall–Kier alpha value is -2.31. The molecule has 0 saturated carbocycles. The second-order valence-corrected chi connectivity index (χ2v) is 7.34. The normalized spacial score (nSPS) is 20.9. The molecule has 1 saturated heterocycles. The van der Waals surface area contributed by atoms with Crippen LogP contribution in [0.1, 0.15) is 39.9 Å². The molecule has 0 unspecified atom stereocenters. The summed E-state index contributed by atoms with van der Waals surface area (Å²) in [6.07, 6.45) is 3.21. The molecule has 1 aliphatic heterocycles. The number of nitrogens with one attached hydrogen (secondary N) is 1. The van der Waals surface area contributed by atoms with Crippen LogP contribution < -0.4 is 5.48 Å². The lowest BCUT2D eigenvalue weighted by Crippen LogP contribution is -2.38. The van der Waals surface area contributed by atoms with Gasteiger partial charge < -0.3 is 4.90 Å². The molecule has 1 spiro atoms. The number of fused-ring (bicyclic) bond motifs is 1. The zero-order valence-electron chi connectivity index (χ0n) is 15.1. The van der Waals surface area contributed by atoms with Crippen molar-refractivity contribution in [1.82, 2.24) is 10.4 Å². The van der Waals surface area contributed by atoms with Gasteiger partial charge in [-0.05, 0) is 54.5 Å². The van der Waals surface area contributed by atoms with Crippen molar-refractivity contribution in [2.24, 2.45) is 5.41 Å². The lowest BCUT2D eigenvalue weighted by atomic mass is 9.70. The number of amides is 2. The summed E-state index contributed by atoms with van der Waals surface area (Å²) in [6.45, 7) is 1.47. The first kappa shape index (κ1) is 19.5. The van der Waals surface area contributed by atoms with Crippen LogP contribution in [0.15, 0.2) is 48.5 Å². The molecule has 2 aromatic carbocycles. The van der Waals surface area contributed by atoms with Crippen LogP contribution in [0.4, 0.5) is 0 Å². The fraction of sp³-hybridized carbons (Fsp3) is 0.333. The molecule has 1 heterocycles. The van der Waals surface area contributed by atoms with Gasteiger partial charge >= 0.3 is 0 Å². The van der Waals surface area contributed by atoms with E-state index >= 15 is 0 Å². The SMILES string of the molecule is O=C(NO)c1ccc2c(c1)CC[C@@]1(CCN(Cc3ccccc3)C1=O)C2.S. The van der Waals surface area contributed by atoms with Gasteiger partial charge in [-0.2, -0.15) is 13.5 Å². The van der Waals surface area contributed by atoms with Crippen LogP contribution in [0.2, 0.25) is 0 Å². The highest BCUT2D eigenvalue weighted by Crippen LogP contribution is 2.44. The first-order valence-corrected chi connectivity index (χ1v) is 9.01. The molecule has 142 valence electrons. The summed E-state index contributed by atoms with van der Waals surface area (Å²) < 4.78 is 0. The van der Waals surface area contributed by atoms with Crippen molar-refractivity contribution in [2.75, 3.05) is 6.54 Å². The van der Waals surface area contributed by atoms with Crippen LogP contribution in [0.25, 0.3) is 0 Å². The molecule has 2 aliphatic rings. The number of nitrogens with zero attached hydrogens (tertiary/aromatic N) is 1. The van der Waals surface area contributed by atoms with Gasteiger partial charge in [-0.3, -0.25) is 14.8 Å². The second-order valence-electron chi connectivity index (χ2n) is 7.34. The molecule has 6 heteroatoms. The maximum atomic E-state index is 13.1. The standard InChI is InChI=1S/C21H22N2O3.H2S/c24-19(22-26)17-6-7-18-13-21(9-8-16(18)12-17)10-11-23(20(21)25)14-15-4-2-1-3-5-15;/h1-7,12,26H,8-11,13-14H2,(H,22,24);1H2/t21-;/m1./s1. The van der Waals surface area contributed by atoms with E-state index in [9.17, 15) is 9.59 Å². The molecule has 2 aromatic rings. The van der Waals surface area contributed by atoms with Crippen molar-refractivity contribution in [3.8, 4) is 0 Å². The van der Waals surface area contributed by atoms with Crippen molar-refractivity contribution in [1.29, 1.82) is 0 Å². The third-order valence-corrected chi connectivity index (χ3v) is 5.79. The summed E-state index contributed by atoms with van der Waals surface area (Å²) in [5.41, 5.74) is 5.22. The van der Waals surface area contributed by atoms with E-state index in [1.807, 2.05) is 35.2 Å². The van der Waals surface area contributed by atoms with Gasteiger partial charge in [-0.15, -0.1) is 0 Å². The minimum absolute atomic E-state index is 0. The number of benzene rings is 2. The Morgan fingerprint density at radius 3 is 2.63 bits per heavy atom. The quantitative estimate of drug-likeness (QED) is 0.632.